The lowest BCUT2D eigenvalue weighted by Crippen LogP contribution is -3.00. The van der Waals surface area contributed by atoms with Gasteiger partial charge in [-0.2, -0.15) is 0 Å². The lowest BCUT2D eigenvalue weighted by atomic mass is 10.4. The topological polar surface area (TPSA) is 17.1 Å². The highest BCUT2D eigenvalue weighted by atomic mass is 127. The standard InChI is InChI=1S/C18H15OS.HI/c19-20(16-10-4-1-5-11-16,17-12-6-2-7-13-17)18-14-8-3-9-15-18;/h1-15H;1H/q+1;/p-1. The van der Waals surface area contributed by atoms with Crippen molar-refractivity contribution in [2.24, 2.45) is 0 Å². The molecule has 0 saturated heterocycles. The third-order valence-corrected chi connectivity index (χ3v) is 6.03. The van der Waals surface area contributed by atoms with Gasteiger partial charge in [-0.3, -0.25) is 0 Å². The second-order valence-corrected chi connectivity index (χ2v) is 7.02. The SMILES string of the molecule is O=[S+](c1ccccc1)(c1ccccc1)c1ccccc1.[I-]. The molecule has 3 rings (SSSR count). The van der Waals surface area contributed by atoms with Crippen LogP contribution in [0.15, 0.2) is 106 Å². The summed E-state index contributed by atoms with van der Waals surface area (Å²) in [6.45, 7) is 0. The average molecular weight is 406 g/mol. The molecule has 0 spiro atoms. The van der Waals surface area contributed by atoms with Crippen molar-refractivity contribution >= 4 is 9.93 Å². The number of hydrogen-bond donors (Lipinski definition) is 0. The predicted octanol–water partition coefficient (Wildman–Crippen LogP) is 1.67. The van der Waals surface area contributed by atoms with Crippen molar-refractivity contribution in [2.45, 2.75) is 14.7 Å². The van der Waals surface area contributed by atoms with E-state index < -0.39 is 9.93 Å². The Balaban J connectivity index is 0.00000161. The van der Waals surface area contributed by atoms with Crippen molar-refractivity contribution < 1.29 is 28.2 Å². The summed E-state index contributed by atoms with van der Waals surface area (Å²) in [6.07, 6.45) is 0. The van der Waals surface area contributed by atoms with Crippen LogP contribution in [0, 0.1) is 0 Å². The smallest absolute Gasteiger partial charge is 0.182 e. The molecular weight excluding hydrogens is 391 g/mol. The van der Waals surface area contributed by atoms with Crippen LogP contribution in [-0.2, 0) is 14.1 Å². The van der Waals surface area contributed by atoms with Gasteiger partial charge >= 0.3 is 0 Å². The van der Waals surface area contributed by atoms with Gasteiger partial charge in [-0.15, -0.1) is 0 Å². The second-order valence-electron chi connectivity index (χ2n) is 4.50. The summed E-state index contributed by atoms with van der Waals surface area (Å²) in [7, 11) is -2.43. The van der Waals surface area contributed by atoms with Crippen LogP contribution >= 0.6 is 0 Å². The summed E-state index contributed by atoms with van der Waals surface area (Å²) >= 11 is 0. The van der Waals surface area contributed by atoms with E-state index in [0.717, 1.165) is 14.7 Å². The summed E-state index contributed by atoms with van der Waals surface area (Å²) in [6, 6.07) is 29.0. The Labute approximate surface area is 143 Å². The van der Waals surface area contributed by atoms with Crippen LogP contribution in [0.3, 0.4) is 0 Å². The number of halogens is 1. The van der Waals surface area contributed by atoms with Crippen molar-refractivity contribution in [3.63, 3.8) is 0 Å². The van der Waals surface area contributed by atoms with E-state index in [2.05, 4.69) is 0 Å². The molecule has 21 heavy (non-hydrogen) atoms. The number of benzene rings is 3. The maximum atomic E-state index is 13.8. The van der Waals surface area contributed by atoms with E-state index >= 15 is 0 Å². The molecule has 3 aromatic rings. The average Bonchev–Trinajstić information content (AvgIpc) is 2.56. The van der Waals surface area contributed by atoms with Gasteiger partial charge in [0.1, 0.15) is 0 Å². The molecule has 0 aliphatic carbocycles. The summed E-state index contributed by atoms with van der Waals surface area (Å²) in [5, 5.41) is 0. The molecule has 0 aliphatic heterocycles. The molecule has 106 valence electrons. The molecule has 3 heteroatoms. The molecule has 0 atom stereocenters. The van der Waals surface area contributed by atoms with Gasteiger partial charge in [-0.25, -0.2) is 0 Å². The Kier molecular flexibility index (Phi) is 5.31. The first-order valence-corrected chi connectivity index (χ1v) is 8.07. The van der Waals surface area contributed by atoms with Crippen molar-refractivity contribution in [1.29, 1.82) is 0 Å². The summed E-state index contributed by atoms with van der Waals surface area (Å²) in [4.78, 5) is 2.53. The molecule has 0 fully saturated rings. The number of hydrogen-bond acceptors (Lipinski definition) is 1. The maximum Gasteiger partial charge on any atom is 0.182 e. The highest BCUT2D eigenvalue weighted by Crippen LogP contribution is 2.35. The first-order chi connectivity index (χ1) is 9.82. The summed E-state index contributed by atoms with van der Waals surface area (Å²) < 4.78 is 13.8. The minimum atomic E-state index is -2.43. The Morgan fingerprint density at radius 1 is 0.476 bits per heavy atom. The molecule has 0 aliphatic rings. The Morgan fingerprint density at radius 2 is 0.714 bits per heavy atom. The molecule has 0 saturated carbocycles. The van der Waals surface area contributed by atoms with Gasteiger partial charge in [-0.05, 0) is 36.4 Å². The molecule has 0 aromatic heterocycles. The fourth-order valence-corrected chi connectivity index (χ4v) is 4.68. The normalized spacial score (nSPS) is 10.7. The molecule has 3 aromatic carbocycles. The fraction of sp³-hybridized carbons (Fsp3) is 0. The van der Waals surface area contributed by atoms with Crippen molar-refractivity contribution in [3.05, 3.63) is 91.0 Å². The second kappa shape index (κ2) is 7.00. The molecule has 0 bridgehead atoms. The van der Waals surface area contributed by atoms with Crippen LogP contribution in [0.2, 0.25) is 0 Å². The molecule has 0 radical (unpaired) electrons. The van der Waals surface area contributed by atoms with Gasteiger partial charge in [0.05, 0.1) is 0 Å². The molecular formula is C18H15IOS. The van der Waals surface area contributed by atoms with E-state index in [9.17, 15) is 4.21 Å². The zero-order chi connectivity index (χ0) is 13.8. The van der Waals surface area contributed by atoms with E-state index in [1.54, 1.807) is 0 Å². The van der Waals surface area contributed by atoms with Gasteiger partial charge in [0, 0.05) is 0 Å². The van der Waals surface area contributed by atoms with Gasteiger partial charge in [0.15, 0.2) is 24.6 Å². The Morgan fingerprint density at radius 3 is 0.952 bits per heavy atom. The first-order valence-electron chi connectivity index (χ1n) is 6.51. The van der Waals surface area contributed by atoms with Gasteiger partial charge in [-0.1, -0.05) is 58.8 Å². The lowest BCUT2D eigenvalue weighted by molar-refractivity contribution is -0.00000528. The summed E-state index contributed by atoms with van der Waals surface area (Å²) in [5.41, 5.74) is 0. The van der Waals surface area contributed by atoms with Crippen molar-refractivity contribution in [1.82, 2.24) is 0 Å². The monoisotopic (exact) mass is 406 g/mol. The fourth-order valence-electron chi connectivity index (χ4n) is 2.24. The zero-order valence-electron chi connectivity index (χ0n) is 11.4. The Bertz CT molecular complexity index is 624. The minimum absolute atomic E-state index is 0. The highest BCUT2D eigenvalue weighted by Gasteiger charge is 2.36. The number of rotatable bonds is 3. The quantitative estimate of drug-likeness (QED) is 0.478. The van der Waals surface area contributed by atoms with Crippen molar-refractivity contribution in [2.75, 3.05) is 0 Å². The Hall–Kier alpha value is -1.46. The van der Waals surface area contributed by atoms with Crippen LogP contribution in [0.25, 0.3) is 0 Å². The van der Waals surface area contributed by atoms with Crippen LogP contribution in [0.1, 0.15) is 0 Å². The third-order valence-electron chi connectivity index (χ3n) is 3.23. The lowest BCUT2D eigenvalue weighted by Gasteiger charge is -2.11. The first kappa shape index (κ1) is 15.9. The van der Waals surface area contributed by atoms with Crippen LogP contribution < -0.4 is 24.0 Å². The van der Waals surface area contributed by atoms with Crippen LogP contribution in [0.4, 0.5) is 0 Å². The molecule has 0 N–H and O–H groups in total. The van der Waals surface area contributed by atoms with E-state index in [1.165, 1.54) is 0 Å². The highest BCUT2D eigenvalue weighted by molar-refractivity contribution is 8.03. The van der Waals surface area contributed by atoms with Crippen molar-refractivity contribution in [3.8, 4) is 0 Å². The largest absolute Gasteiger partial charge is 1.00 e. The maximum absolute atomic E-state index is 13.8. The summed E-state index contributed by atoms with van der Waals surface area (Å²) in [5.74, 6) is 0. The zero-order valence-corrected chi connectivity index (χ0v) is 14.3. The van der Waals surface area contributed by atoms with Gasteiger partial charge in [0.2, 0.25) is 0 Å². The van der Waals surface area contributed by atoms with E-state index in [1.807, 2.05) is 91.0 Å². The third kappa shape index (κ3) is 3.09. The molecule has 1 nitrogen and oxygen atoms in total. The van der Waals surface area contributed by atoms with Crippen LogP contribution in [-0.4, -0.2) is 0 Å². The van der Waals surface area contributed by atoms with Crippen LogP contribution in [0.5, 0.6) is 0 Å². The molecule has 0 heterocycles. The van der Waals surface area contributed by atoms with E-state index in [4.69, 9.17) is 0 Å². The minimum Gasteiger partial charge on any atom is -1.00 e. The molecule has 0 unspecified atom stereocenters. The van der Waals surface area contributed by atoms with E-state index in [0.29, 0.717) is 0 Å². The van der Waals surface area contributed by atoms with Gasteiger partial charge in [0.25, 0.3) is 0 Å². The predicted molar refractivity (Wildman–Crippen MR) is 82.2 cm³/mol. The van der Waals surface area contributed by atoms with E-state index in [-0.39, 0.29) is 24.0 Å². The van der Waals surface area contributed by atoms with Gasteiger partial charge < -0.3 is 24.0 Å². The molecule has 0 amide bonds.